The Morgan fingerprint density at radius 3 is 2.17 bits per heavy atom. The smallest absolute Gasteiger partial charge is 0.455 e. The maximum atomic E-state index is 13.0. The number of anilines is 1. The van der Waals surface area contributed by atoms with Crippen LogP contribution in [0.25, 0.3) is 0 Å². The highest BCUT2D eigenvalue weighted by atomic mass is 32.2. The molecule has 0 bridgehead atoms. The maximum Gasteiger partial charge on any atom is 0.455 e. The number of hydrogen-bond donors (Lipinski definition) is 1. The van der Waals surface area contributed by atoms with Crippen molar-refractivity contribution >= 4 is 21.3 Å². The number of fused-ring (bicyclic) bond motifs is 1. The average Bonchev–Trinajstić information content (AvgIpc) is 2.43. The number of benzene rings is 1. The zero-order valence-electron chi connectivity index (χ0n) is 11.5. The van der Waals surface area contributed by atoms with Crippen LogP contribution in [-0.4, -0.2) is 33.7 Å². The standard InChI is InChI=1S/C12H7F6NO4S/c1-23-5-2-3-6-7(4-5)24(21,22)8(10(20)12(16,17)18)9(19-6)11(13,14)15/h2-4,19H,1H3. The molecule has 0 radical (unpaired) electrons. The Morgan fingerprint density at radius 2 is 1.71 bits per heavy atom. The lowest BCUT2D eigenvalue weighted by molar-refractivity contribution is -0.166. The molecule has 12 heteroatoms. The number of carbonyl (C=O) groups is 1. The number of rotatable bonds is 2. The highest BCUT2D eigenvalue weighted by Gasteiger charge is 2.54. The number of carbonyl (C=O) groups excluding carboxylic acids is 1. The van der Waals surface area contributed by atoms with Crippen LogP contribution >= 0.6 is 0 Å². The lowest BCUT2D eigenvalue weighted by atomic mass is 10.2. The van der Waals surface area contributed by atoms with E-state index in [0.29, 0.717) is 6.07 Å². The zero-order chi connectivity index (χ0) is 18.5. The Balaban J connectivity index is 2.83. The molecule has 5 nitrogen and oxygen atoms in total. The summed E-state index contributed by atoms with van der Waals surface area (Å²) in [5, 5.41) is 1.55. The van der Waals surface area contributed by atoms with E-state index in [2.05, 4.69) is 0 Å². The number of alkyl halides is 6. The summed E-state index contributed by atoms with van der Waals surface area (Å²) in [6, 6.07) is 2.70. The van der Waals surface area contributed by atoms with E-state index in [9.17, 15) is 39.6 Å². The number of hydrogen-bond acceptors (Lipinski definition) is 5. The van der Waals surface area contributed by atoms with Gasteiger partial charge in [0.25, 0.3) is 5.78 Å². The quantitative estimate of drug-likeness (QED) is 0.805. The third kappa shape index (κ3) is 2.92. The molecule has 0 saturated carbocycles. The topological polar surface area (TPSA) is 72.5 Å². The summed E-state index contributed by atoms with van der Waals surface area (Å²) < 4.78 is 106. The maximum absolute atomic E-state index is 13.0. The lowest BCUT2D eigenvalue weighted by Gasteiger charge is -2.26. The van der Waals surface area contributed by atoms with Crippen molar-refractivity contribution in [2.45, 2.75) is 17.2 Å². The van der Waals surface area contributed by atoms with Crippen LogP contribution in [0.4, 0.5) is 32.0 Å². The van der Waals surface area contributed by atoms with Crippen molar-refractivity contribution in [3.8, 4) is 5.75 Å². The second-order valence-corrected chi connectivity index (χ2v) is 6.37. The summed E-state index contributed by atoms with van der Waals surface area (Å²) in [7, 11) is -4.27. The fraction of sp³-hybridized carbons (Fsp3) is 0.250. The fourth-order valence-corrected chi connectivity index (χ4v) is 3.65. The molecule has 0 spiro atoms. The molecule has 0 aliphatic carbocycles. The number of methoxy groups -OCH3 is 1. The minimum absolute atomic E-state index is 0.131. The molecule has 1 aromatic rings. The van der Waals surface area contributed by atoms with E-state index in [1.165, 1.54) is 0 Å². The van der Waals surface area contributed by atoms with Crippen molar-refractivity contribution < 1.29 is 44.3 Å². The van der Waals surface area contributed by atoms with Gasteiger partial charge in [0.2, 0.25) is 9.84 Å². The fourth-order valence-electron chi connectivity index (χ4n) is 1.95. The van der Waals surface area contributed by atoms with Crippen LogP contribution < -0.4 is 10.1 Å². The van der Waals surface area contributed by atoms with Gasteiger partial charge in [-0.3, -0.25) is 4.79 Å². The predicted molar refractivity (Wildman–Crippen MR) is 67.9 cm³/mol. The SMILES string of the molecule is COc1ccc2c(c1)S(=O)(=O)C(C(=O)C(F)(F)F)=C(C(F)(F)F)N2. The number of allylic oxidation sites excluding steroid dienone is 2. The molecule has 132 valence electrons. The van der Waals surface area contributed by atoms with Crippen LogP contribution in [0.1, 0.15) is 0 Å². The second-order valence-electron chi connectivity index (χ2n) is 4.52. The van der Waals surface area contributed by atoms with Gasteiger partial charge in [0, 0.05) is 6.07 Å². The summed E-state index contributed by atoms with van der Waals surface area (Å²) in [6.07, 6.45) is -11.3. The van der Waals surface area contributed by atoms with Gasteiger partial charge in [-0.05, 0) is 12.1 Å². The summed E-state index contributed by atoms with van der Waals surface area (Å²) in [6.45, 7) is 0. The number of ketones is 1. The van der Waals surface area contributed by atoms with Crippen LogP contribution in [0.15, 0.2) is 33.7 Å². The van der Waals surface area contributed by atoms with Gasteiger partial charge < -0.3 is 10.1 Å². The van der Waals surface area contributed by atoms with E-state index in [-0.39, 0.29) is 5.75 Å². The Hall–Kier alpha value is -2.24. The first-order valence-electron chi connectivity index (χ1n) is 5.93. The van der Waals surface area contributed by atoms with Gasteiger partial charge in [0.05, 0.1) is 17.7 Å². The van der Waals surface area contributed by atoms with Crippen LogP contribution in [0.2, 0.25) is 0 Å². The summed E-state index contributed by atoms with van der Waals surface area (Å²) in [4.78, 5) is 8.00. The number of sulfone groups is 1. The molecule has 0 aromatic heterocycles. The van der Waals surface area contributed by atoms with Gasteiger partial charge in [-0.1, -0.05) is 0 Å². The molecule has 24 heavy (non-hydrogen) atoms. The second kappa shape index (κ2) is 5.40. The molecule has 1 N–H and O–H groups in total. The number of ether oxygens (including phenoxy) is 1. The van der Waals surface area contributed by atoms with E-state index in [1.807, 2.05) is 0 Å². The van der Waals surface area contributed by atoms with E-state index < -0.39 is 49.2 Å². The van der Waals surface area contributed by atoms with Gasteiger partial charge in [-0.2, -0.15) is 26.3 Å². The van der Waals surface area contributed by atoms with Gasteiger partial charge in [0.1, 0.15) is 11.4 Å². The Morgan fingerprint density at radius 1 is 1.12 bits per heavy atom. The first-order chi connectivity index (χ1) is 10.8. The van der Waals surface area contributed by atoms with Crippen molar-refractivity contribution in [2.24, 2.45) is 0 Å². The largest absolute Gasteiger partial charge is 0.497 e. The van der Waals surface area contributed by atoms with E-state index in [1.54, 1.807) is 5.32 Å². The van der Waals surface area contributed by atoms with E-state index >= 15 is 0 Å². The van der Waals surface area contributed by atoms with Crippen molar-refractivity contribution in [2.75, 3.05) is 12.4 Å². The van der Waals surface area contributed by atoms with Crippen LogP contribution in [0, 0.1) is 0 Å². The van der Waals surface area contributed by atoms with Crippen LogP contribution in [0.3, 0.4) is 0 Å². The molecule has 0 fully saturated rings. The van der Waals surface area contributed by atoms with Gasteiger partial charge in [0.15, 0.2) is 4.91 Å². The molecule has 1 heterocycles. The van der Waals surface area contributed by atoms with Crippen molar-refractivity contribution in [1.29, 1.82) is 0 Å². The molecule has 1 aromatic carbocycles. The average molecular weight is 375 g/mol. The number of halogens is 6. The number of Topliss-reactive ketones (excluding diaryl/α,β-unsaturated/α-hetero) is 1. The van der Waals surface area contributed by atoms with Crippen molar-refractivity contribution in [1.82, 2.24) is 0 Å². The molecular formula is C12H7F6NO4S. The zero-order valence-corrected chi connectivity index (χ0v) is 12.4. The minimum atomic E-state index is -5.81. The third-order valence-corrected chi connectivity index (χ3v) is 4.82. The molecule has 0 atom stereocenters. The Kier molecular flexibility index (Phi) is 4.07. The van der Waals surface area contributed by atoms with Gasteiger partial charge >= 0.3 is 12.4 Å². The van der Waals surface area contributed by atoms with Gasteiger partial charge in [-0.15, -0.1) is 0 Å². The number of nitrogens with one attached hydrogen (secondary N) is 1. The van der Waals surface area contributed by atoms with Crippen molar-refractivity contribution in [3.05, 3.63) is 28.8 Å². The lowest BCUT2D eigenvalue weighted by Crippen LogP contribution is -2.37. The molecule has 0 saturated heterocycles. The van der Waals surface area contributed by atoms with E-state index in [0.717, 1.165) is 19.2 Å². The summed E-state index contributed by atoms with van der Waals surface area (Å²) in [5.74, 6) is -3.25. The van der Waals surface area contributed by atoms with Crippen LogP contribution in [-0.2, 0) is 14.6 Å². The Labute approximate surface area is 130 Å². The van der Waals surface area contributed by atoms with Crippen molar-refractivity contribution in [3.63, 3.8) is 0 Å². The molecular weight excluding hydrogens is 368 g/mol. The highest BCUT2D eigenvalue weighted by Crippen LogP contribution is 2.43. The predicted octanol–water partition coefficient (Wildman–Crippen LogP) is 2.80. The first kappa shape index (κ1) is 18.1. The molecule has 0 unspecified atom stereocenters. The minimum Gasteiger partial charge on any atom is -0.497 e. The Bertz CT molecular complexity index is 838. The molecule has 1 aliphatic heterocycles. The first-order valence-corrected chi connectivity index (χ1v) is 7.41. The third-order valence-electron chi connectivity index (χ3n) is 2.98. The van der Waals surface area contributed by atoms with Gasteiger partial charge in [-0.25, -0.2) is 8.42 Å². The highest BCUT2D eigenvalue weighted by molar-refractivity contribution is 7.96. The molecule has 0 amide bonds. The monoisotopic (exact) mass is 375 g/mol. The summed E-state index contributed by atoms with van der Waals surface area (Å²) >= 11 is 0. The summed E-state index contributed by atoms with van der Waals surface area (Å²) in [5.41, 5.74) is -2.91. The molecule has 1 aliphatic rings. The molecule has 2 rings (SSSR count). The van der Waals surface area contributed by atoms with Crippen LogP contribution in [0.5, 0.6) is 5.75 Å². The normalized spacial score (nSPS) is 17.1. The van der Waals surface area contributed by atoms with E-state index in [4.69, 9.17) is 4.74 Å².